The number of nitrogens with two attached hydrogens (primary N) is 1. The monoisotopic (exact) mass is 397 g/mol. The number of thioether (sulfide) groups is 1. The zero-order valence-corrected chi connectivity index (χ0v) is 16.8. The van der Waals surface area contributed by atoms with Gasteiger partial charge in [0.1, 0.15) is 10.7 Å². The number of benzene rings is 2. The highest BCUT2D eigenvalue weighted by Crippen LogP contribution is 2.24. The molecule has 2 aromatic carbocycles. The van der Waals surface area contributed by atoms with Crippen molar-refractivity contribution in [2.45, 2.75) is 18.5 Å². The summed E-state index contributed by atoms with van der Waals surface area (Å²) < 4.78 is 0. The first-order valence-corrected chi connectivity index (χ1v) is 11.1. The van der Waals surface area contributed by atoms with Crippen LogP contribution in [0.2, 0.25) is 0 Å². The van der Waals surface area contributed by atoms with E-state index in [1.165, 1.54) is 11.3 Å². The van der Waals surface area contributed by atoms with Crippen molar-refractivity contribution in [2.75, 3.05) is 12.0 Å². The molecule has 0 saturated heterocycles. The van der Waals surface area contributed by atoms with Gasteiger partial charge in [0.05, 0.1) is 12.1 Å². The maximum atomic E-state index is 12.8. The molecule has 0 radical (unpaired) electrons. The molecule has 27 heavy (non-hydrogen) atoms. The summed E-state index contributed by atoms with van der Waals surface area (Å²) in [6, 6.07) is 19.6. The highest BCUT2D eigenvalue weighted by atomic mass is 32.2. The third kappa shape index (κ3) is 5.19. The van der Waals surface area contributed by atoms with Crippen LogP contribution in [-0.2, 0) is 0 Å². The van der Waals surface area contributed by atoms with E-state index < -0.39 is 0 Å². The molecule has 4 nitrogen and oxygen atoms in total. The topological polar surface area (TPSA) is 68.0 Å². The highest BCUT2D eigenvalue weighted by molar-refractivity contribution is 7.98. The van der Waals surface area contributed by atoms with E-state index in [0.717, 1.165) is 28.3 Å². The number of carbonyl (C=O) groups excluding carboxylic acids is 1. The molecule has 1 atom stereocenters. The molecule has 1 unspecified atom stereocenters. The van der Waals surface area contributed by atoms with Crippen LogP contribution in [0.4, 0.5) is 0 Å². The van der Waals surface area contributed by atoms with Crippen molar-refractivity contribution in [3.8, 4) is 0 Å². The molecule has 1 amide bonds. The van der Waals surface area contributed by atoms with Crippen LogP contribution in [0.5, 0.6) is 0 Å². The predicted octanol–water partition coefficient (Wildman–Crippen LogP) is 4.42. The van der Waals surface area contributed by atoms with Crippen molar-refractivity contribution in [2.24, 2.45) is 5.73 Å². The molecule has 0 aliphatic carbocycles. The lowest BCUT2D eigenvalue weighted by Crippen LogP contribution is -2.29. The maximum Gasteiger partial charge on any atom is 0.271 e. The average Bonchev–Trinajstić information content (AvgIpc) is 3.22. The van der Waals surface area contributed by atoms with Crippen molar-refractivity contribution in [1.82, 2.24) is 10.3 Å². The lowest BCUT2D eigenvalue weighted by Gasteiger charge is -2.19. The Hall–Kier alpha value is -2.15. The third-order valence-corrected chi connectivity index (χ3v) is 5.87. The molecule has 0 spiro atoms. The molecule has 0 saturated carbocycles. The van der Waals surface area contributed by atoms with E-state index in [4.69, 9.17) is 5.73 Å². The first kappa shape index (κ1) is 19.6. The quantitative estimate of drug-likeness (QED) is 0.591. The van der Waals surface area contributed by atoms with Gasteiger partial charge in [-0.25, -0.2) is 4.98 Å². The fourth-order valence-electron chi connectivity index (χ4n) is 2.79. The molecule has 1 heterocycles. The fourth-order valence-corrected chi connectivity index (χ4v) is 4.11. The molecule has 140 valence electrons. The second-order valence-corrected chi connectivity index (χ2v) is 8.06. The minimum Gasteiger partial charge on any atom is -0.340 e. The molecule has 3 rings (SSSR count). The minimum atomic E-state index is -0.227. The lowest BCUT2D eigenvalue weighted by atomic mass is 9.98. The number of nitrogens with zero attached hydrogens (tertiary/aromatic N) is 1. The number of carbonyl (C=O) groups is 1. The largest absolute Gasteiger partial charge is 0.340 e. The zero-order chi connectivity index (χ0) is 19.1. The summed E-state index contributed by atoms with van der Waals surface area (Å²) in [6.45, 7) is 0. The van der Waals surface area contributed by atoms with E-state index in [9.17, 15) is 4.79 Å². The summed E-state index contributed by atoms with van der Waals surface area (Å²) in [5.41, 5.74) is 8.67. The average molecular weight is 398 g/mol. The van der Waals surface area contributed by atoms with Gasteiger partial charge in [0.15, 0.2) is 0 Å². The second kappa shape index (κ2) is 9.69. The number of amides is 1. The van der Waals surface area contributed by atoms with Gasteiger partial charge in [-0.1, -0.05) is 60.7 Å². The van der Waals surface area contributed by atoms with Gasteiger partial charge in [0, 0.05) is 5.38 Å². The Morgan fingerprint density at radius 2 is 1.70 bits per heavy atom. The number of nitrogens with one attached hydrogen (secondary N) is 1. The van der Waals surface area contributed by atoms with E-state index in [-0.39, 0.29) is 18.0 Å². The molecule has 0 bridgehead atoms. The fraction of sp³-hybridized carbons (Fsp3) is 0.238. The van der Waals surface area contributed by atoms with Crippen LogP contribution < -0.4 is 11.1 Å². The van der Waals surface area contributed by atoms with Gasteiger partial charge in [0.2, 0.25) is 0 Å². The van der Waals surface area contributed by atoms with Gasteiger partial charge >= 0.3 is 0 Å². The molecule has 0 aliphatic heterocycles. The van der Waals surface area contributed by atoms with Gasteiger partial charge in [-0.05, 0) is 29.6 Å². The van der Waals surface area contributed by atoms with Crippen LogP contribution in [0.15, 0.2) is 66.0 Å². The van der Waals surface area contributed by atoms with Crippen LogP contribution in [0, 0.1) is 0 Å². The first-order chi connectivity index (χ1) is 13.2. The maximum absolute atomic E-state index is 12.8. The second-order valence-electron chi connectivity index (χ2n) is 6.19. The summed E-state index contributed by atoms with van der Waals surface area (Å²) in [4.78, 5) is 17.3. The number of hydrogen-bond donors (Lipinski definition) is 2. The Morgan fingerprint density at radius 3 is 2.26 bits per heavy atom. The van der Waals surface area contributed by atoms with Crippen molar-refractivity contribution in [1.29, 1.82) is 0 Å². The minimum absolute atomic E-state index is 0.122. The summed E-state index contributed by atoms with van der Waals surface area (Å²) in [5, 5.41) is 5.72. The number of hydrogen-bond acceptors (Lipinski definition) is 5. The van der Waals surface area contributed by atoms with Crippen LogP contribution >= 0.6 is 23.1 Å². The van der Waals surface area contributed by atoms with Crippen molar-refractivity contribution in [3.63, 3.8) is 0 Å². The first-order valence-electron chi connectivity index (χ1n) is 8.79. The highest BCUT2D eigenvalue weighted by Gasteiger charge is 2.20. The van der Waals surface area contributed by atoms with Crippen LogP contribution in [0.25, 0.3) is 0 Å². The van der Waals surface area contributed by atoms with Gasteiger partial charge in [-0.3, -0.25) is 4.79 Å². The van der Waals surface area contributed by atoms with Crippen LogP contribution in [0.1, 0.15) is 45.1 Å². The van der Waals surface area contributed by atoms with E-state index >= 15 is 0 Å². The molecule has 6 heteroatoms. The number of aromatic nitrogens is 1. The van der Waals surface area contributed by atoms with Gasteiger partial charge in [0.25, 0.3) is 5.91 Å². The molecule has 3 aromatic rings. The van der Waals surface area contributed by atoms with Gasteiger partial charge in [-0.2, -0.15) is 11.8 Å². The Labute approximate surface area is 168 Å². The van der Waals surface area contributed by atoms with Crippen LogP contribution in [-0.4, -0.2) is 22.9 Å². The molecule has 3 N–H and O–H groups in total. The van der Waals surface area contributed by atoms with E-state index in [2.05, 4.69) is 16.6 Å². The SMILES string of the molecule is CSCCC(N)c1nc(C(=O)NC(c2ccccc2)c2ccccc2)cs1. The summed E-state index contributed by atoms with van der Waals surface area (Å²) in [7, 11) is 0. The zero-order valence-electron chi connectivity index (χ0n) is 15.2. The molecule has 1 aromatic heterocycles. The normalized spacial score (nSPS) is 12.1. The lowest BCUT2D eigenvalue weighted by molar-refractivity contribution is 0.0938. The Morgan fingerprint density at radius 1 is 1.11 bits per heavy atom. The molecular weight excluding hydrogens is 374 g/mol. The van der Waals surface area contributed by atoms with Crippen molar-refractivity contribution >= 4 is 29.0 Å². The van der Waals surface area contributed by atoms with Crippen LogP contribution in [0.3, 0.4) is 0 Å². The standard InChI is InChI=1S/C21H23N3OS2/c1-26-13-12-17(22)21-23-18(14-27-21)20(25)24-19(15-8-4-2-5-9-15)16-10-6-3-7-11-16/h2-11,14,17,19H,12-13,22H2,1H3,(H,24,25). The van der Waals surface area contributed by atoms with Gasteiger partial charge < -0.3 is 11.1 Å². The van der Waals surface area contributed by atoms with E-state index in [1.54, 1.807) is 17.1 Å². The predicted molar refractivity (Wildman–Crippen MR) is 114 cm³/mol. The van der Waals surface area contributed by atoms with Crippen molar-refractivity contribution < 1.29 is 4.79 Å². The molecule has 0 fully saturated rings. The van der Waals surface area contributed by atoms with E-state index in [1.807, 2.05) is 60.7 Å². The number of rotatable bonds is 8. The van der Waals surface area contributed by atoms with Gasteiger partial charge in [-0.15, -0.1) is 11.3 Å². The summed E-state index contributed by atoms with van der Waals surface area (Å²) >= 11 is 3.21. The van der Waals surface area contributed by atoms with E-state index in [0.29, 0.717) is 5.69 Å². The summed E-state index contributed by atoms with van der Waals surface area (Å²) in [6.07, 6.45) is 2.91. The summed E-state index contributed by atoms with van der Waals surface area (Å²) in [5.74, 6) is 0.791. The molecular formula is C21H23N3OS2. The number of thiazole rings is 1. The Balaban J connectivity index is 1.78. The molecule has 0 aliphatic rings. The Kier molecular flexibility index (Phi) is 7.04. The smallest absolute Gasteiger partial charge is 0.271 e. The van der Waals surface area contributed by atoms with Crippen molar-refractivity contribution in [3.05, 3.63) is 87.9 Å². The Bertz CT molecular complexity index is 813. The third-order valence-electron chi connectivity index (χ3n) is 4.25.